The van der Waals surface area contributed by atoms with Gasteiger partial charge in [0.1, 0.15) is 0 Å². The van der Waals surface area contributed by atoms with Crippen molar-refractivity contribution < 1.29 is 0 Å². The van der Waals surface area contributed by atoms with Crippen molar-refractivity contribution in [2.45, 2.75) is 70.9 Å². The molecular weight excluding hydrogens is 262 g/mol. The Morgan fingerprint density at radius 3 is 3.11 bits per heavy atom. The molecule has 0 saturated heterocycles. The van der Waals surface area contributed by atoms with Gasteiger partial charge in [-0.05, 0) is 44.2 Å². The van der Waals surface area contributed by atoms with Gasteiger partial charge in [-0.15, -0.1) is 11.3 Å². The average molecular weight is 286 g/mol. The molecule has 0 radical (unpaired) electrons. The van der Waals surface area contributed by atoms with Crippen LogP contribution in [0.25, 0.3) is 0 Å². The van der Waals surface area contributed by atoms with E-state index in [9.17, 15) is 0 Å². The van der Waals surface area contributed by atoms with Crippen LogP contribution in [0.3, 0.4) is 0 Å². The molecule has 1 nitrogen and oxygen atoms in total. The summed E-state index contributed by atoms with van der Waals surface area (Å²) >= 11 is 7.91. The number of unbranched alkanes of at least 4 members (excludes halogenated alkanes) is 2. The minimum absolute atomic E-state index is 0.536. The highest BCUT2D eigenvalue weighted by molar-refractivity contribution is 7.16. The number of hydrogen-bond donors (Lipinski definition) is 1. The highest BCUT2D eigenvalue weighted by atomic mass is 35.5. The van der Waals surface area contributed by atoms with Crippen LogP contribution in [0.4, 0.5) is 0 Å². The number of thiophene rings is 1. The third-order valence-corrected chi connectivity index (χ3v) is 5.15. The highest BCUT2D eigenvalue weighted by Gasteiger charge is 2.23. The summed E-state index contributed by atoms with van der Waals surface area (Å²) in [7, 11) is 0. The number of aryl methyl sites for hydroxylation is 1. The van der Waals surface area contributed by atoms with E-state index >= 15 is 0 Å². The zero-order valence-electron chi connectivity index (χ0n) is 11.5. The van der Waals surface area contributed by atoms with E-state index in [4.69, 9.17) is 11.6 Å². The van der Waals surface area contributed by atoms with Crippen LogP contribution in [-0.2, 0) is 6.42 Å². The first-order valence-corrected chi connectivity index (χ1v) is 8.44. The Bertz CT molecular complexity index is 375. The molecule has 1 aliphatic rings. The minimum atomic E-state index is 0.536. The molecule has 102 valence electrons. The van der Waals surface area contributed by atoms with Crippen molar-refractivity contribution in [3.8, 4) is 0 Å². The van der Waals surface area contributed by atoms with Gasteiger partial charge in [0.25, 0.3) is 0 Å². The Kier molecular flexibility index (Phi) is 5.53. The van der Waals surface area contributed by atoms with Gasteiger partial charge in [-0.3, -0.25) is 0 Å². The molecule has 0 bridgehead atoms. The summed E-state index contributed by atoms with van der Waals surface area (Å²) < 4.78 is 0.951. The van der Waals surface area contributed by atoms with Crippen molar-refractivity contribution in [3.05, 3.63) is 20.8 Å². The van der Waals surface area contributed by atoms with Gasteiger partial charge >= 0.3 is 0 Å². The molecular formula is C15H24ClNS. The molecule has 0 saturated carbocycles. The van der Waals surface area contributed by atoms with E-state index in [1.165, 1.54) is 55.4 Å². The van der Waals surface area contributed by atoms with Crippen LogP contribution >= 0.6 is 22.9 Å². The van der Waals surface area contributed by atoms with Crippen molar-refractivity contribution in [3.63, 3.8) is 0 Å². The van der Waals surface area contributed by atoms with Crippen LogP contribution in [0.5, 0.6) is 0 Å². The van der Waals surface area contributed by atoms with Crippen LogP contribution in [-0.4, -0.2) is 6.04 Å². The van der Waals surface area contributed by atoms with E-state index in [2.05, 4.69) is 25.2 Å². The molecule has 0 amide bonds. The zero-order valence-corrected chi connectivity index (χ0v) is 13.0. The number of hydrogen-bond acceptors (Lipinski definition) is 2. The summed E-state index contributed by atoms with van der Waals surface area (Å²) in [5.74, 6) is 0. The Labute approximate surface area is 120 Å². The van der Waals surface area contributed by atoms with E-state index in [1.807, 2.05) is 0 Å². The normalized spacial score (nSPS) is 20.7. The minimum Gasteiger partial charge on any atom is -0.307 e. The molecule has 1 aromatic rings. The van der Waals surface area contributed by atoms with Gasteiger partial charge in [0.05, 0.1) is 4.34 Å². The molecule has 0 aromatic carbocycles. The second-order valence-corrected chi connectivity index (χ2v) is 7.21. The van der Waals surface area contributed by atoms with Crippen molar-refractivity contribution in [1.82, 2.24) is 5.32 Å². The largest absolute Gasteiger partial charge is 0.307 e. The molecule has 2 atom stereocenters. The van der Waals surface area contributed by atoms with Crippen molar-refractivity contribution >= 4 is 22.9 Å². The fourth-order valence-electron chi connectivity index (χ4n) is 2.82. The molecule has 2 unspecified atom stereocenters. The molecule has 18 heavy (non-hydrogen) atoms. The molecule has 0 aliphatic heterocycles. The molecule has 1 heterocycles. The maximum absolute atomic E-state index is 6.15. The van der Waals surface area contributed by atoms with Crippen LogP contribution in [0, 0.1) is 0 Å². The van der Waals surface area contributed by atoms with Gasteiger partial charge in [0.15, 0.2) is 0 Å². The van der Waals surface area contributed by atoms with Gasteiger partial charge in [-0.1, -0.05) is 37.8 Å². The third-order valence-electron chi connectivity index (χ3n) is 3.81. The lowest BCUT2D eigenvalue weighted by molar-refractivity contribution is 0.389. The van der Waals surface area contributed by atoms with E-state index < -0.39 is 0 Å². The first-order valence-electron chi connectivity index (χ1n) is 7.25. The van der Waals surface area contributed by atoms with Crippen molar-refractivity contribution in [1.29, 1.82) is 0 Å². The lowest BCUT2D eigenvalue weighted by atomic mass is 9.93. The maximum atomic E-state index is 6.15. The van der Waals surface area contributed by atoms with E-state index in [-0.39, 0.29) is 0 Å². The van der Waals surface area contributed by atoms with Crippen molar-refractivity contribution in [2.75, 3.05) is 0 Å². The average Bonchev–Trinajstić information content (AvgIpc) is 2.71. The Balaban J connectivity index is 1.90. The van der Waals surface area contributed by atoms with Crippen LogP contribution in [0.15, 0.2) is 6.07 Å². The van der Waals surface area contributed by atoms with Gasteiger partial charge in [-0.2, -0.15) is 0 Å². The monoisotopic (exact) mass is 285 g/mol. The Morgan fingerprint density at radius 2 is 2.33 bits per heavy atom. The molecule has 3 heteroatoms. The van der Waals surface area contributed by atoms with Crippen molar-refractivity contribution in [2.24, 2.45) is 0 Å². The topological polar surface area (TPSA) is 12.0 Å². The molecule has 0 fully saturated rings. The lowest BCUT2D eigenvalue weighted by Crippen LogP contribution is -2.32. The van der Waals surface area contributed by atoms with Gasteiger partial charge in [0, 0.05) is 17.0 Å². The number of fused-ring (bicyclic) bond motifs is 1. The fourth-order valence-corrected chi connectivity index (χ4v) is 4.21. The fraction of sp³-hybridized carbons (Fsp3) is 0.733. The van der Waals surface area contributed by atoms with Gasteiger partial charge < -0.3 is 5.32 Å². The van der Waals surface area contributed by atoms with Gasteiger partial charge in [0.2, 0.25) is 0 Å². The summed E-state index contributed by atoms with van der Waals surface area (Å²) in [6.07, 6.45) is 9.06. The van der Waals surface area contributed by atoms with Crippen LogP contribution < -0.4 is 5.32 Å². The second kappa shape index (κ2) is 6.93. The third kappa shape index (κ3) is 3.72. The molecule has 1 aliphatic carbocycles. The number of halogens is 1. The van der Waals surface area contributed by atoms with E-state index in [0.29, 0.717) is 12.1 Å². The summed E-state index contributed by atoms with van der Waals surface area (Å²) in [4.78, 5) is 1.50. The molecule has 1 N–H and O–H groups in total. The summed E-state index contributed by atoms with van der Waals surface area (Å²) in [6.45, 7) is 4.58. The molecule has 2 rings (SSSR count). The predicted molar refractivity (Wildman–Crippen MR) is 81.7 cm³/mol. The van der Waals surface area contributed by atoms with Crippen LogP contribution in [0.1, 0.15) is 68.9 Å². The highest BCUT2D eigenvalue weighted by Crippen LogP contribution is 2.38. The zero-order chi connectivity index (χ0) is 13.0. The number of nitrogens with one attached hydrogen (secondary N) is 1. The summed E-state index contributed by atoms with van der Waals surface area (Å²) in [6, 6.07) is 3.33. The van der Waals surface area contributed by atoms with Gasteiger partial charge in [-0.25, -0.2) is 0 Å². The summed E-state index contributed by atoms with van der Waals surface area (Å²) in [5.41, 5.74) is 1.47. The first kappa shape index (κ1) is 14.4. The standard InChI is InChI=1S/C15H24ClNS/c1-3-4-5-7-11(2)17-13-8-6-9-14-12(13)10-15(16)18-14/h10-11,13,17H,3-9H2,1-2H3. The summed E-state index contributed by atoms with van der Waals surface area (Å²) in [5, 5.41) is 3.80. The predicted octanol–water partition coefficient (Wildman–Crippen LogP) is 5.34. The second-order valence-electron chi connectivity index (χ2n) is 5.44. The van der Waals surface area contributed by atoms with Crippen LogP contribution in [0.2, 0.25) is 4.34 Å². The van der Waals surface area contributed by atoms with E-state index in [0.717, 1.165) is 4.34 Å². The lowest BCUT2D eigenvalue weighted by Gasteiger charge is -2.27. The maximum Gasteiger partial charge on any atom is 0.0934 e. The SMILES string of the molecule is CCCCCC(C)NC1CCCc2sc(Cl)cc21. The molecule has 0 spiro atoms. The number of rotatable bonds is 6. The smallest absolute Gasteiger partial charge is 0.0934 e. The Morgan fingerprint density at radius 1 is 1.50 bits per heavy atom. The molecule has 1 aromatic heterocycles. The Hall–Kier alpha value is -0.0500. The quantitative estimate of drug-likeness (QED) is 0.696. The van der Waals surface area contributed by atoms with E-state index in [1.54, 1.807) is 11.3 Å². The first-order chi connectivity index (χ1) is 8.70.